The van der Waals surface area contributed by atoms with Gasteiger partial charge in [-0.2, -0.15) is 0 Å². The predicted molar refractivity (Wildman–Crippen MR) is 236 cm³/mol. The number of phosphoric ester groups is 1. The van der Waals surface area contributed by atoms with Crippen molar-refractivity contribution in [3.63, 3.8) is 0 Å². The number of phosphoric acid groups is 1. The zero-order chi connectivity index (χ0) is 43.2. The Hall–Kier alpha value is -2.11. The van der Waals surface area contributed by atoms with E-state index in [9.17, 15) is 29.3 Å². The summed E-state index contributed by atoms with van der Waals surface area (Å²) in [4.78, 5) is 35.4. The second-order valence-electron chi connectivity index (χ2n) is 16.4. The number of carbonyl (C=O) groups excluding carboxylic acids is 2. The van der Waals surface area contributed by atoms with Crippen molar-refractivity contribution in [3.8, 4) is 0 Å². The molecule has 0 fully saturated rings. The van der Waals surface area contributed by atoms with Crippen LogP contribution in [0.2, 0.25) is 0 Å². The molecule has 12 heteroatoms. The van der Waals surface area contributed by atoms with Crippen molar-refractivity contribution in [2.24, 2.45) is 0 Å². The maximum absolute atomic E-state index is 12.7. The Morgan fingerprint density at radius 1 is 0.603 bits per heavy atom. The Kier molecular flexibility index (Phi) is 36.5. The Balaban J connectivity index is 4.56. The van der Waals surface area contributed by atoms with Crippen LogP contribution in [0, 0.1) is 0 Å². The topological polar surface area (TPSA) is 149 Å². The lowest BCUT2D eigenvalue weighted by atomic mass is 10.0. The van der Waals surface area contributed by atoms with Crippen LogP contribution in [0.25, 0.3) is 0 Å². The number of ether oxygens (including phenoxy) is 2. The number of nitrogens with zero attached hydrogens (tertiary/aromatic N) is 1. The number of rotatable bonds is 40. The van der Waals surface area contributed by atoms with Crippen LogP contribution in [-0.4, -0.2) is 97.3 Å². The van der Waals surface area contributed by atoms with Crippen LogP contribution >= 0.6 is 7.82 Å². The van der Waals surface area contributed by atoms with Gasteiger partial charge in [0.2, 0.25) is 0 Å². The lowest BCUT2D eigenvalue weighted by molar-refractivity contribution is -0.870. The second kappa shape index (κ2) is 37.9. The maximum Gasteiger partial charge on any atom is 0.472 e. The number of quaternary nitrogens is 1. The van der Waals surface area contributed by atoms with Crippen molar-refractivity contribution in [1.29, 1.82) is 0 Å². The van der Waals surface area contributed by atoms with E-state index in [0.717, 1.165) is 57.8 Å². The van der Waals surface area contributed by atoms with Crippen molar-refractivity contribution in [2.45, 2.75) is 186 Å². The van der Waals surface area contributed by atoms with E-state index in [1.165, 1.54) is 51.4 Å². The molecule has 0 spiro atoms. The van der Waals surface area contributed by atoms with E-state index >= 15 is 0 Å². The van der Waals surface area contributed by atoms with E-state index in [1.54, 1.807) is 0 Å². The van der Waals surface area contributed by atoms with Crippen molar-refractivity contribution in [1.82, 2.24) is 0 Å². The molecule has 0 saturated carbocycles. The lowest BCUT2D eigenvalue weighted by Crippen LogP contribution is -2.37. The molecule has 1 unspecified atom stereocenters. The third-order valence-electron chi connectivity index (χ3n) is 9.53. The van der Waals surface area contributed by atoms with Gasteiger partial charge in [-0.25, -0.2) is 4.57 Å². The average molecular weight is 843 g/mol. The van der Waals surface area contributed by atoms with Gasteiger partial charge in [0, 0.05) is 12.8 Å². The summed E-state index contributed by atoms with van der Waals surface area (Å²) in [6, 6.07) is 0. The number of unbranched alkanes of at least 4 members (excludes halogenated alkanes) is 14. The number of hydrogen-bond acceptors (Lipinski definition) is 9. The quantitative estimate of drug-likeness (QED) is 0.0179. The van der Waals surface area contributed by atoms with E-state index in [1.807, 2.05) is 33.3 Å². The minimum atomic E-state index is -4.43. The molecular weight excluding hydrogens is 757 g/mol. The number of aliphatic hydroxyl groups excluding tert-OH is 2. The number of aliphatic hydroxyl groups is 2. The predicted octanol–water partition coefficient (Wildman–Crippen LogP) is 10.6. The molecule has 0 radical (unpaired) electrons. The van der Waals surface area contributed by atoms with Crippen LogP contribution in [0.3, 0.4) is 0 Å². The maximum atomic E-state index is 12.7. The molecule has 0 rings (SSSR count). The van der Waals surface area contributed by atoms with E-state index in [4.69, 9.17) is 18.5 Å². The molecule has 11 nitrogen and oxygen atoms in total. The number of hydrogen-bond donors (Lipinski definition) is 3. The zero-order valence-electron chi connectivity index (χ0n) is 37.2. The van der Waals surface area contributed by atoms with Crippen LogP contribution in [0.4, 0.5) is 0 Å². The highest BCUT2D eigenvalue weighted by atomic mass is 31.2. The van der Waals surface area contributed by atoms with Crippen molar-refractivity contribution in [2.75, 3.05) is 47.5 Å². The van der Waals surface area contributed by atoms with Crippen molar-refractivity contribution < 1.29 is 52.3 Å². The third kappa shape index (κ3) is 39.4. The van der Waals surface area contributed by atoms with E-state index < -0.39 is 44.7 Å². The Morgan fingerprint density at radius 3 is 1.78 bits per heavy atom. The molecule has 0 aliphatic carbocycles. The normalized spacial score (nSPS) is 15.1. The summed E-state index contributed by atoms with van der Waals surface area (Å²) in [5, 5.41) is 20.5. The first-order valence-corrected chi connectivity index (χ1v) is 24.0. The number of esters is 2. The smallest absolute Gasteiger partial charge is 0.462 e. The monoisotopic (exact) mass is 843 g/mol. The lowest BCUT2D eigenvalue weighted by Gasteiger charge is -2.24. The van der Waals surface area contributed by atoms with Crippen molar-refractivity contribution in [3.05, 3.63) is 48.6 Å². The fourth-order valence-corrected chi connectivity index (χ4v) is 6.56. The Morgan fingerprint density at radius 2 is 1.12 bits per heavy atom. The summed E-state index contributed by atoms with van der Waals surface area (Å²) in [5.74, 6) is -0.974. The van der Waals surface area contributed by atoms with Crippen LogP contribution < -0.4 is 0 Å². The largest absolute Gasteiger partial charge is 0.472 e. The molecule has 4 atom stereocenters. The molecule has 0 aromatic rings. The molecule has 0 aromatic heterocycles. The van der Waals surface area contributed by atoms with Gasteiger partial charge in [-0.1, -0.05) is 133 Å². The van der Waals surface area contributed by atoms with Crippen LogP contribution in [0.1, 0.15) is 168 Å². The summed E-state index contributed by atoms with van der Waals surface area (Å²) in [7, 11) is 1.35. The van der Waals surface area contributed by atoms with Gasteiger partial charge in [0.15, 0.2) is 6.10 Å². The van der Waals surface area contributed by atoms with E-state index in [2.05, 4.69) is 50.3 Å². The van der Waals surface area contributed by atoms with Crippen LogP contribution in [-0.2, 0) is 32.7 Å². The number of likely N-dealkylation sites (N-methyl/N-ethyl adjacent to an activating group) is 1. The van der Waals surface area contributed by atoms with Gasteiger partial charge in [0.1, 0.15) is 19.8 Å². The highest BCUT2D eigenvalue weighted by molar-refractivity contribution is 7.47. The molecule has 0 heterocycles. The van der Waals surface area contributed by atoms with Gasteiger partial charge in [-0.3, -0.25) is 18.6 Å². The first kappa shape index (κ1) is 55.9. The zero-order valence-corrected chi connectivity index (χ0v) is 38.1. The van der Waals surface area contributed by atoms with Crippen LogP contribution in [0.5, 0.6) is 0 Å². The van der Waals surface area contributed by atoms with Crippen LogP contribution in [0.15, 0.2) is 48.6 Å². The van der Waals surface area contributed by atoms with Gasteiger partial charge < -0.3 is 29.1 Å². The Labute approximate surface area is 353 Å². The summed E-state index contributed by atoms with van der Waals surface area (Å²) in [6.45, 7) is 4.11. The highest BCUT2D eigenvalue weighted by Crippen LogP contribution is 2.43. The van der Waals surface area contributed by atoms with Gasteiger partial charge in [0.25, 0.3) is 0 Å². The van der Waals surface area contributed by atoms with Gasteiger partial charge in [-0.05, 0) is 70.6 Å². The summed E-state index contributed by atoms with van der Waals surface area (Å²) in [6.07, 6.45) is 36.2. The van der Waals surface area contributed by atoms with Gasteiger partial charge in [0.05, 0.1) is 40.0 Å². The Bertz CT molecular complexity index is 1170. The third-order valence-corrected chi connectivity index (χ3v) is 10.5. The standard InChI is InChI=1S/C46H84NO10P/c1-6-8-10-12-14-15-16-17-18-19-20-21-22-23-24-28-33-37-46(51)57-42(41-56-58(52,53)55-39-38-47(3,4)5)40-54-45(50)36-32-29-25-27-31-35-44(49)43(48)34-30-26-13-11-9-7-2/h17-18,20-21,23-24,26,30,42-44,48-49H,6-16,19,22,25,27-29,31-41H2,1-5H3/p+1/b18-17-,21-20-,24-23-,30-26-/t42-,43-,44-/m1/s1. The highest BCUT2D eigenvalue weighted by Gasteiger charge is 2.27. The first-order chi connectivity index (χ1) is 27.8. The molecule has 338 valence electrons. The second-order valence-corrected chi connectivity index (χ2v) is 17.8. The van der Waals surface area contributed by atoms with E-state index in [0.29, 0.717) is 43.1 Å². The average Bonchev–Trinajstić information content (AvgIpc) is 3.17. The molecule has 0 aromatic carbocycles. The molecular formula is C46H85NO10P+. The first-order valence-electron chi connectivity index (χ1n) is 22.5. The molecule has 0 aliphatic heterocycles. The minimum Gasteiger partial charge on any atom is -0.462 e. The summed E-state index contributed by atoms with van der Waals surface area (Å²) in [5.41, 5.74) is 0. The molecule has 0 saturated heterocycles. The summed E-state index contributed by atoms with van der Waals surface area (Å²) >= 11 is 0. The molecule has 0 aliphatic rings. The SMILES string of the molecule is CCCCC/C=C\C[C@@H](O)[C@H](O)CCCCCCCC(=O)OC[C@H](COP(=O)(O)OCC[N+](C)(C)C)OC(=O)CCC/C=C\C/C=C\C/C=C\CCCCCCCC. The fraction of sp³-hybridized carbons (Fsp3) is 0.783. The number of allylic oxidation sites excluding steroid dienone is 7. The summed E-state index contributed by atoms with van der Waals surface area (Å²) < 4.78 is 34.1. The molecule has 58 heavy (non-hydrogen) atoms. The molecule has 3 N–H and O–H groups in total. The van der Waals surface area contributed by atoms with Crippen molar-refractivity contribution >= 4 is 19.8 Å². The van der Waals surface area contributed by atoms with E-state index in [-0.39, 0.29) is 26.1 Å². The van der Waals surface area contributed by atoms with Gasteiger partial charge >= 0.3 is 19.8 Å². The molecule has 0 bridgehead atoms. The molecule has 0 amide bonds. The number of carbonyl (C=O) groups is 2. The van der Waals surface area contributed by atoms with Gasteiger partial charge in [-0.15, -0.1) is 0 Å². The minimum absolute atomic E-state index is 0.00420. The fourth-order valence-electron chi connectivity index (χ4n) is 5.82.